The maximum atomic E-state index is 2.47. The highest BCUT2D eigenvalue weighted by Crippen LogP contribution is 2.57. The molecule has 0 atom stereocenters. The second-order valence-corrected chi connectivity index (χ2v) is 15.7. The molecule has 1 aliphatic carbocycles. The number of fused-ring (bicyclic) bond motifs is 9. The Morgan fingerprint density at radius 2 is 0.706 bits per heavy atom. The maximum absolute atomic E-state index is 2.47. The van der Waals surface area contributed by atoms with Crippen LogP contribution in [-0.4, -0.2) is 0 Å². The fourth-order valence-corrected chi connectivity index (χ4v) is 11.3. The Morgan fingerprint density at radius 3 is 1.22 bits per heavy atom. The zero-order valence-electron chi connectivity index (χ0n) is 27.6. The van der Waals surface area contributed by atoms with Gasteiger partial charge in [0.25, 0.3) is 0 Å². The summed E-state index contributed by atoms with van der Waals surface area (Å²) in [6, 6.07) is 68.0. The Hall–Kier alpha value is -5.80. The van der Waals surface area contributed by atoms with Gasteiger partial charge in [-0.25, -0.2) is 0 Å². The van der Waals surface area contributed by atoms with E-state index in [9.17, 15) is 0 Å². The number of rotatable bonds is 4. The van der Waals surface area contributed by atoms with Gasteiger partial charge >= 0.3 is 0 Å². The molecule has 0 nitrogen and oxygen atoms in total. The normalized spacial score (nSPS) is 13.3. The van der Waals surface area contributed by atoms with Crippen LogP contribution in [0, 0.1) is 0 Å². The number of benzene rings is 8. The van der Waals surface area contributed by atoms with Crippen molar-refractivity contribution in [2.45, 2.75) is 5.41 Å². The Balaban J connectivity index is 1.18. The lowest BCUT2D eigenvalue weighted by molar-refractivity contribution is 0.769. The van der Waals surface area contributed by atoms with Crippen LogP contribution in [0.25, 0.3) is 73.7 Å². The third-order valence-corrected chi connectivity index (χ3v) is 13.4. The first-order valence-electron chi connectivity index (χ1n) is 17.5. The molecule has 0 unspecified atom stereocenters. The molecule has 0 bridgehead atoms. The van der Waals surface area contributed by atoms with E-state index in [0.29, 0.717) is 0 Å². The van der Waals surface area contributed by atoms with Gasteiger partial charge < -0.3 is 0 Å². The summed E-state index contributed by atoms with van der Waals surface area (Å²) in [4.78, 5) is 0. The average molecular weight is 683 g/mol. The van der Waals surface area contributed by atoms with Crippen molar-refractivity contribution in [2.75, 3.05) is 0 Å². The van der Waals surface area contributed by atoms with Gasteiger partial charge in [-0.3, -0.25) is 0 Å². The minimum Gasteiger partial charge on any atom is -0.135 e. The van der Waals surface area contributed by atoms with E-state index in [4.69, 9.17) is 0 Å². The van der Waals surface area contributed by atoms with Gasteiger partial charge in [-0.05, 0) is 79.9 Å². The lowest BCUT2D eigenvalue weighted by Gasteiger charge is -2.34. The van der Waals surface area contributed by atoms with E-state index >= 15 is 0 Å². The van der Waals surface area contributed by atoms with Gasteiger partial charge in [0.1, 0.15) is 0 Å². The topological polar surface area (TPSA) is 0 Å². The van der Waals surface area contributed by atoms with E-state index in [1.807, 2.05) is 22.7 Å². The maximum Gasteiger partial charge on any atom is 0.0713 e. The lowest BCUT2D eigenvalue weighted by Crippen LogP contribution is -2.28. The van der Waals surface area contributed by atoms with Crippen LogP contribution in [0.3, 0.4) is 0 Å². The van der Waals surface area contributed by atoms with Crippen LogP contribution in [0.1, 0.15) is 22.3 Å². The summed E-state index contributed by atoms with van der Waals surface area (Å²) in [6.45, 7) is 0. The zero-order valence-corrected chi connectivity index (χ0v) is 29.3. The monoisotopic (exact) mass is 682 g/mol. The van der Waals surface area contributed by atoms with Crippen molar-refractivity contribution >= 4 is 63.0 Å². The molecule has 1 aliphatic rings. The molecule has 0 saturated heterocycles. The molecule has 2 aromatic heterocycles. The summed E-state index contributed by atoms with van der Waals surface area (Å²) in [7, 11) is 0. The van der Waals surface area contributed by atoms with Gasteiger partial charge in [0.15, 0.2) is 0 Å². The molecule has 0 amide bonds. The minimum absolute atomic E-state index is 0.499. The van der Waals surface area contributed by atoms with Gasteiger partial charge in [0.2, 0.25) is 0 Å². The largest absolute Gasteiger partial charge is 0.135 e. The number of hydrogen-bond donors (Lipinski definition) is 0. The van der Waals surface area contributed by atoms with Crippen LogP contribution in [-0.2, 0) is 5.41 Å². The highest BCUT2D eigenvalue weighted by molar-refractivity contribution is 7.26. The van der Waals surface area contributed by atoms with E-state index in [-0.39, 0.29) is 0 Å². The van der Waals surface area contributed by atoms with Gasteiger partial charge in [-0.2, -0.15) is 0 Å². The van der Waals surface area contributed by atoms with Crippen LogP contribution in [0.2, 0.25) is 0 Å². The van der Waals surface area contributed by atoms with Crippen molar-refractivity contribution in [3.63, 3.8) is 0 Å². The van der Waals surface area contributed by atoms with Crippen LogP contribution >= 0.6 is 22.7 Å². The fraction of sp³-hybridized carbons (Fsp3) is 0.0204. The van der Waals surface area contributed by atoms with Gasteiger partial charge in [-0.15, -0.1) is 22.7 Å². The summed E-state index contributed by atoms with van der Waals surface area (Å²) >= 11 is 3.79. The van der Waals surface area contributed by atoms with Crippen molar-refractivity contribution in [3.8, 4) is 33.4 Å². The second-order valence-electron chi connectivity index (χ2n) is 13.6. The first-order valence-corrected chi connectivity index (χ1v) is 19.1. The molecule has 0 saturated carbocycles. The zero-order chi connectivity index (χ0) is 33.5. The first kappa shape index (κ1) is 29.0. The lowest BCUT2D eigenvalue weighted by atomic mass is 9.67. The van der Waals surface area contributed by atoms with Crippen molar-refractivity contribution in [2.24, 2.45) is 0 Å². The molecular formula is C49H30S2. The van der Waals surface area contributed by atoms with E-state index in [2.05, 4.69) is 182 Å². The molecule has 10 aromatic rings. The summed E-state index contributed by atoms with van der Waals surface area (Å²) in [5.41, 5.74) is 12.4. The highest BCUT2D eigenvalue weighted by Gasteiger charge is 2.46. The molecule has 11 rings (SSSR count). The summed E-state index contributed by atoms with van der Waals surface area (Å²) in [5, 5.41) is 5.31. The summed E-state index contributed by atoms with van der Waals surface area (Å²) in [6.07, 6.45) is 0. The molecule has 2 heteroatoms. The third kappa shape index (κ3) is 4.12. The molecule has 8 aromatic carbocycles. The van der Waals surface area contributed by atoms with Crippen molar-refractivity contribution < 1.29 is 0 Å². The summed E-state index contributed by atoms with van der Waals surface area (Å²) < 4.78 is 5.35. The highest BCUT2D eigenvalue weighted by atomic mass is 32.1. The van der Waals surface area contributed by atoms with Crippen LogP contribution < -0.4 is 0 Å². The molecule has 51 heavy (non-hydrogen) atoms. The van der Waals surface area contributed by atoms with Crippen LogP contribution in [0.5, 0.6) is 0 Å². The molecule has 0 radical (unpaired) electrons. The SMILES string of the molecule is c1cc(-c2cccc3c2sc2ccccc23)cc(C2(c3cccc(-c4cccc5c4sc4ccccc45)c3)c3ccccc3-c3ccccc32)c1. The molecular weight excluding hydrogens is 653 g/mol. The molecule has 0 N–H and O–H groups in total. The Kier molecular flexibility index (Phi) is 6.31. The Labute approximate surface area is 304 Å². The van der Waals surface area contributed by atoms with E-state index in [1.165, 1.54) is 96.0 Å². The van der Waals surface area contributed by atoms with Gasteiger partial charge in [0.05, 0.1) is 5.41 Å². The molecule has 2 heterocycles. The van der Waals surface area contributed by atoms with Crippen LogP contribution in [0.15, 0.2) is 182 Å². The Morgan fingerprint density at radius 1 is 0.314 bits per heavy atom. The van der Waals surface area contributed by atoms with Crippen molar-refractivity contribution in [1.82, 2.24) is 0 Å². The number of thiophene rings is 2. The predicted molar refractivity (Wildman–Crippen MR) is 220 cm³/mol. The van der Waals surface area contributed by atoms with Crippen LogP contribution in [0.4, 0.5) is 0 Å². The predicted octanol–water partition coefficient (Wildman–Crippen LogP) is 14.1. The van der Waals surface area contributed by atoms with Gasteiger partial charge in [-0.1, -0.05) is 158 Å². The molecule has 238 valence electrons. The average Bonchev–Trinajstić information content (AvgIpc) is 3.87. The molecule has 0 spiro atoms. The summed E-state index contributed by atoms with van der Waals surface area (Å²) in [5.74, 6) is 0. The van der Waals surface area contributed by atoms with E-state index in [0.717, 1.165) is 0 Å². The van der Waals surface area contributed by atoms with E-state index < -0.39 is 5.41 Å². The van der Waals surface area contributed by atoms with Gasteiger partial charge in [0, 0.05) is 40.3 Å². The third-order valence-electron chi connectivity index (χ3n) is 11.0. The number of hydrogen-bond acceptors (Lipinski definition) is 2. The molecule has 0 fully saturated rings. The quantitative estimate of drug-likeness (QED) is 0.173. The van der Waals surface area contributed by atoms with E-state index in [1.54, 1.807) is 0 Å². The van der Waals surface area contributed by atoms with Crippen molar-refractivity contribution in [3.05, 3.63) is 204 Å². The fourth-order valence-electron chi connectivity index (χ4n) is 8.81. The van der Waals surface area contributed by atoms with Crippen molar-refractivity contribution in [1.29, 1.82) is 0 Å². The standard InChI is InChI=1S/C49H30S2/c1-5-25-43-37(17-1)38-18-2-6-26-44(38)49(43,33-15-9-13-31(29-33)35-21-11-23-41-39-19-3-7-27-45(39)50-47(35)41)34-16-10-14-32(30-34)36-22-12-24-42-40-20-4-8-28-46(40)51-48(36)42/h1-30H. The minimum atomic E-state index is -0.499. The Bertz CT molecular complexity index is 2790. The second kappa shape index (κ2) is 11.1. The smallest absolute Gasteiger partial charge is 0.0713 e. The first-order chi connectivity index (χ1) is 25.3. The molecule has 0 aliphatic heterocycles.